The molecule has 132 valence electrons. The van der Waals surface area contributed by atoms with Crippen molar-refractivity contribution < 1.29 is 4.79 Å². The number of hydrogen-bond acceptors (Lipinski definition) is 4. The first-order valence-electron chi connectivity index (χ1n) is 7.95. The zero-order valence-corrected chi connectivity index (χ0v) is 16.0. The van der Waals surface area contributed by atoms with E-state index >= 15 is 0 Å². The molecule has 26 heavy (non-hydrogen) atoms. The fourth-order valence-electron chi connectivity index (χ4n) is 2.29. The third-order valence-corrected chi connectivity index (χ3v) is 4.28. The maximum atomic E-state index is 12.2. The van der Waals surface area contributed by atoms with Gasteiger partial charge in [0.05, 0.1) is 11.9 Å². The third-order valence-electron chi connectivity index (χ3n) is 3.75. The van der Waals surface area contributed by atoms with Crippen LogP contribution >= 0.6 is 15.9 Å². The van der Waals surface area contributed by atoms with Crippen molar-refractivity contribution in [2.24, 2.45) is 5.10 Å². The minimum absolute atomic E-state index is 0.345. The van der Waals surface area contributed by atoms with Crippen molar-refractivity contribution in [2.75, 3.05) is 19.0 Å². The summed E-state index contributed by atoms with van der Waals surface area (Å²) in [5.74, 6) is -0.345. The third kappa shape index (κ3) is 4.37. The summed E-state index contributed by atoms with van der Waals surface area (Å²) >= 11 is 3.39. The monoisotopic (exact) mass is 411 g/mol. The second-order valence-corrected chi connectivity index (χ2v) is 6.77. The molecule has 2 aromatic carbocycles. The Kier molecular flexibility index (Phi) is 5.48. The van der Waals surface area contributed by atoms with Gasteiger partial charge in [-0.05, 0) is 35.9 Å². The number of benzene rings is 2. The SMILES string of the molecule is CN(C)c1ccc(/C=N\NC(=O)c2cc(-c3ccc(Br)cc3)n[nH]2)cc1. The predicted molar refractivity (Wildman–Crippen MR) is 108 cm³/mol. The van der Waals surface area contributed by atoms with Crippen molar-refractivity contribution in [3.8, 4) is 11.3 Å². The maximum Gasteiger partial charge on any atom is 0.289 e. The second kappa shape index (κ2) is 7.97. The highest BCUT2D eigenvalue weighted by Crippen LogP contribution is 2.20. The van der Waals surface area contributed by atoms with Crippen molar-refractivity contribution in [1.82, 2.24) is 15.6 Å². The second-order valence-electron chi connectivity index (χ2n) is 5.86. The van der Waals surface area contributed by atoms with Crippen LogP contribution in [0.3, 0.4) is 0 Å². The maximum absolute atomic E-state index is 12.2. The molecule has 0 aliphatic carbocycles. The molecule has 7 heteroatoms. The van der Waals surface area contributed by atoms with Crippen LogP contribution in [-0.2, 0) is 0 Å². The van der Waals surface area contributed by atoms with E-state index in [0.717, 1.165) is 21.3 Å². The van der Waals surface area contributed by atoms with Gasteiger partial charge in [-0.25, -0.2) is 5.43 Å². The standard InChI is InChI=1S/C19H18BrN5O/c1-25(2)16-9-3-13(4-10-16)12-21-24-19(26)18-11-17(22-23-18)14-5-7-15(20)8-6-14/h3-12H,1-2H3,(H,22,23)(H,24,26)/b21-12-. The van der Waals surface area contributed by atoms with Crippen LogP contribution in [-0.4, -0.2) is 36.4 Å². The number of rotatable bonds is 5. The van der Waals surface area contributed by atoms with Crippen molar-refractivity contribution >= 4 is 33.7 Å². The molecule has 0 unspecified atom stereocenters. The van der Waals surface area contributed by atoms with E-state index < -0.39 is 0 Å². The highest BCUT2D eigenvalue weighted by molar-refractivity contribution is 9.10. The first-order chi connectivity index (χ1) is 12.5. The molecule has 3 aromatic rings. The van der Waals surface area contributed by atoms with E-state index in [0.29, 0.717) is 11.4 Å². The highest BCUT2D eigenvalue weighted by Gasteiger charge is 2.10. The van der Waals surface area contributed by atoms with Gasteiger partial charge in [-0.1, -0.05) is 40.2 Å². The van der Waals surface area contributed by atoms with Crippen LogP contribution in [0.4, 0.5) is 5.69 Å². The predicted octanol–water partition coefficient (Wildman–Crippen LogP) is 3.67. The van der Waals surface area contributed by atoms with E-state index in [1.54, 1.807) is 12.3 Å². The molecule has 0 aliphatic rings. The van der Waals surface area contributed by atoms with E-state index in [4.69, 9.17) is 0 Å². The summed E-state index contributed by atoms with van der Waals surface area (Å²) in [5.41, 5.74) is 6.47. The van der Waals surface area contributed by atoms with E-state index in [9.17, 15) is 4.79 Å². The molecule has 1 heterocycles. The largest absolute Gasteiger partial charge is 0.378 e. The van der Waals surface area contributed by atoms with Crippen LogP contribution < -0.4 is 10.3 Å². The quantitative estimate of drug-likeness (QED) is 0.496. The number of nitrogens with zero attached hydrogens (tertiary/aromatic N) is 3. The van der Waals surface area contributed by atoms with Gasteiger partial charge in [0.25, 0.3) is 5.91 Å². The summed E-state index contributed by atoms with van der Waals surface area (Å²) in [5, 5.41) is 10.9. The molecule has 0 spiro atoms. The molecule has 0 atom stereocenters. The lowest BCUT2D eigenvalue weighted by atomic mass is 10.1. The number of hydrazone groups is 1. The Morgan fingerprint density at radius 1 is 1.15 bits per heavy atom. The average Bonchev–Trinajstić information content (AvgIpc) is 3.13. The first-order valence-corrected chi connectivity index (χ1v) is 8.74. The van der Waals surface area contributed by atoms with E-state index in [1.165, 1.54) is 0 Å². The van der Waals surface area contributed by atoms with Crippen LogP contribution in [0.2, 0.25) is 0 Å². The summed E-state index contributed by atoms with van der Waals surface area (Å²) in [6.45, 7) is 0. The average molecular weight is 412 g/mol. The molecule has 0 aliphatic heterocycles. The number of anilines is 1. The van der Waals surface area contributed by atoms with Crippen LogP contribution in [0.5, 0.6) is 0 Å². The normalized spacial score (nSPS) is 10.9. The number of amides is 1. The number of H-pyrrole nitrogens is 1. The van der Waals surface area contributed by atoms with Crippen molar-refractivity contribution in [3.05, 3.63) is 70.3 Å². The number of hydrogen-bond donors (Lipinski definition) is 2. The number of carbonyl (C=O) groups excluding carboxylic acids is 1. The highest BCUT2D eigenvalue weighted by atomic mass is 79.9. The van der Waals surface area contributed by atoms with Gasteiger partial charge in [0.1, 0.15) is 5.69 Å². The van der Waals surface area contributed by atoms with Gasteiger partial charge in [0.2, 0.25) is 0 Å². The number of halogens is 1. The Bertz CT molecular complexity index is 914. The number of nitrogens with one attached hydrogen (secondary N) is 2. The molecule has 0 saturated carbocycles. The number of aromatic amines is 1. The van der Waals surface area contributed by atoms with Gasteiger partial charge in [0.15, 0.2) is 0 Å². The van der Waals surface area contributed by atoms with Gasteiger partial charge in [0, 0.05) is 29.8 Å². The van der Waals surface area contributed by atoms with Gasteiger partial charge in [-0.2, -0.15) is 10.2 Å². The summed E-state index contributed by atoms with van der Waals surface area (Å²) < 4.78 is 0.989. The molecule has 1 aromatic heterocycles. The van der Waals surface area contributed by atoms with E-state index in [2.05, 4.69) is 36.7 Å². The molecular weight excluding hydrogens is 394 g/mol. The smallest absolute Gasteiger partial charge is 0.289 e. The Labute approximate surface area is 160 Å². The van der Waals surface area contributed by atoms with Crippen molar-refractivity contribution in [2.45, 2.75) is 0 Å². The molecule has 0 fully saturated rings. The van der Waals surface area contributed by atoms with Crippen LogP contribution in [0.1, 0.15) is 16.1 Å². The first kappa shape index (κ1) is 17.9. The lowest BCUT2D eigenvalue weighted by Crippen LogP contribution is -2.18. The topological polar surface area (TPSA) is 73.4 Å². The molecule has 2 N–H and O–H groups in total. The molecule has 1 amide bonds. The number of carbonyl (C=O) groups is 1. The lowest BCUT2D eigenvalue weighted by molar-refractivity contribution is 0.0950. The minimum Gasteiger partial charge on any atom is -0.378 e. The molecule has 0 bridgehead atoms. The Balaban J connectivity index is 1.62. The zero-order valence-electron chi connectivity index (χ0n) is 14.4. The molecule has 6 nitrogen and oxygen atoms in total. The summed E-state index contributed by atoms with van der Waals surface area (Å²) in [6, 6.07) is 17.3. The number of aromatic nitrogens is 2. The summed E-state index contributed by atoms with van der Waals surface area (Å²) in [4.78, 5) is 14.2. The summed E-state index contributed by atoms with van der Waals surface area (Å²) in [6.07, 6.45) is 1.60. The Morgan fingerprint density at radius 3 is 2.50 bits per heavy atom. The zero-order chi connectivity index (χ0) is 18.5. The van der Waals surface area contributed by atoms with Gasteiger partial charge in [-0.15, -0.1) is 0 Å². The minimum atomic E-state index is -0.345. The van der Waals surface area contributed by atoms with Crippen LogP contribution in [0.25, 0.3) is 11.3 Å². The molecule has 0 saturated heterocycles. The van der Waals surface area contributed by atoms with Gasteiger partial charge >= 0.3 is 0 Å². The Hall–Kier alpha value is -2.93. The fraction of sp³-hybridized carbons (Fsp3) is 0.105. The molecule has 3 rings (SSSR count). The molecular formula is C19H18BrN5O. The van der Waals surface area contributed by atoms with E-state index in [1.807, 2.05) is 67.5 Å². The van der Waals surface area contributed by atoms with Crippen LogP contribution in [0, 0.1) is 0 Å². The van der Waals surface area contributed by atoms with Gasteiger partial charge < -0.3 is 4.90 Å². The molecule has 0 radical (unpaired) electrons. The van der Waals surface area contributed by atoms with Crippen LogP contribution in [0.15, 0.2) is 64.2 Å². The summed E-state index contributed by atoms with van der Waals surface area (Å²) in [7, 11) is 3.96. The van der Waals surface area contributed by atoms with Crippen molar-refractivity contribution in [3.63, 3.8) is 0 Å². The Morgan fingerprint density at radius 2 is 1.85 bits per heavy atom. The fourth-order valence-corrected chi connectivity index (χ4v) is 2.56. The van der Waals surface area contributed by atoms with E-state index in [-0.39, 0.29) is 5.91 Å². The van der Waals surface area contributed by atoms with Crippen molar-refractivity contribution in [1.29, 1.82) is 0 Å². The van der Waals surface area contributed by atoms with Gasteiger partial charge in [-0.3, -0.25) is 9.89 Å². The lowest BCUT2D eigenvalue weighted by Gasteiger charge is -2.11.